The van der Waals surface area contributed by atoms with Gasteiger partial charge in [-0.2, -0.15) is 5.10 Å². The lowest BCUT2D eigenvalue weighted by molar-refractivity contribution is 0.0865. The van der Waals surface area contributed by atoms with Crippen molar-refractivity contribution >= 4 is 5.91 Å². The number of ether oxygens (including phenoxy) is 1. The molecule has 0 saturated heterocycles. The van der Waals surface area contributed by atoms with Crippen molar-refractivity contribution < 1.29 is 19.0 Å². The molecule has 0 aliphatic heterocycles. The number of aromatic nitrogens is 2. The van der Waals surface area contributed by atoms with Gasteiger partial charge in [-0.3, -0.25) is 4.79 Å². The van der Waals surface area contributed by atoms with Gasteiger partial charge in [0, 0.05) is 18.8 Å². The van der Waals surface area contributed by atoms with Gasteiger partial charge in [0.05, 0.1) is 18.9 Å². The predicted molar refractivity (Wildman–Crippen MR) is 83.1 cm³/mol. The Kier molecular flexibility index (Phi) is 6.25. The molecule has 7 heteroatoms. The van der Waals surface area contributed by atoms with Crippen LogP contribution in [0, 0.1) is 12.7 Å². The van der Waals surface area contributed by atoms with Crippen molar-refractivity contribution in [1.82, 2.24) is 15.1 Å². The standard InChI is InChI=1S/C16H20FN3O3/c1-12-11-15(16(22)18-7-2-9-23-10-8-21)19-20(12)14-5-3-13(17)4-6-14/h3-6,11,21H,2,7-10H2,1H3,(H,18,22). The number of nitrogens with one attached hydrogen (secondary N) is 1. The van der Waals surface area contributed by atoms with E-state index in [4.69, 9.17) is 9.84 Å². The Bertz CT molecular complexity index is 641. The highest BCUT2D eigenvalue weighted by atomic mass is 19.1. The molecule has 0 fully saturated rings. The molecule has 124 valence electrons. The first kappa shape index (κ1) is 17.1. The van der Waals surface area contributed by atoms with Gasteiger partial charge in [0.1, 0.15) is 5.82 Å². The van der Waals surface area contributed by atoms with Crippen LogP contribution in [0.1, 0.15) is 22.6 Å². The second kappa shape index (κ2) is 8.40. The summed E-state index contributed by atoms with van der Waals surface area (Å²) in [4.78, 5) is 12.1. The minimum Gasteiger partial charge on any atom is -0.394 e. The molecule has 6 nitrogen and oxygen atoms in total. The smallest absolute Gasteiger partial charge is 0.271 e. The molecule has 2 N–H and O–H groups in total. The normalized spacial score (nSPS) is 10.7. The van der Waals surface area contributed by atoms with Crippen molar-refractivity contribution in [2.24, 2.45) is 0 Å². The van der Waals surface area contributed by atoms with Crippen LogP contribution in [0.5, 0.6) is 0 Å². The highest BCUT2D eigenvalue weighted by Crippen LogP contribution is 2.13. The van der Waals surface area contributed by atoms with Crippen molar-refractivity contribution in [2.75, 3.05) is 26.4 Å². The molecule has 0 atom stereocenters. The van der Waals surface area contributed by atoms with Crippen LogP contribution >= 0.6 is 0 Å². The third-order valence-electron chi connectivity index (χ3n) is 3.18. The number of aryl methyl sites for hydroxylation is 1. The zero-order chi connectivity index (χ0) is 16.7. The largest absolute Gasteiger partial charge is 0.394 e. The topological polar surface area (TPSA) is 76.4 Å². The Balaban J connectivity index is 1.92. The first-order valence-corrected chi connectivity index (χ1v) is 7.41. The molecule has 0 radical (unpaired) electrons. The van der Waals surface area contributed by atoms with Gasteiger partial charge in [-0.25, -0.2) is 9.07 Å². The molecule has 0 spiro atoms. The van der Waals surface area contributed by atoms with Crippen LogP contribution in [0.2, 0.25) is 0 Å². The average Bonchev–Trinajstić information content (AvgIpc) is 2.93. The van der Waals surface area contributed by atoms with Gasteiger partial charge in [0.15, 0.2) is 5.69 Å². The summed E-state index contributed by atoms with van der Waals surface area (Å²) in [6, 6.07) is 7.59. The number of hydrogen-bond donors (Lipinski definition) is 2. The van der Waals surface area contributed by atoms with E-state index in [1.807, 2.05) is 6.92 Å². The molecule has 1 heterocycles. The van der Waals surface area contributed by atoms with E-state index in [1.165, 1.54) is 12.1 Å². The number of rotatable bonds is 8. The van der Waals surface area contributed by atoms with Crippen LogP contribution < -0.4 is 5.32 Å². The Morgan fingerprint density at radius 2 is 2.09 bits per heavy atom. The number of halogens is 1. The fourth-order valence-electron chi connectivity index (χ4n) is 2.06. The molecule has 1 amide bonds. The molecule has 0 aliphatic carbocycles. The average molecular weight is 321 g/mol. The molecular formula is C16H20FN3O3. The molecule has 2 rings (SSSR count). The summed E-state index contributed by atoms with van der Waals surface area (Å²) < 4.78 is 19.7. The van der Waals surface area contributed by atoms with Crippen LogP contribution in [0.15, 0.2) is 30.3 Å². The summed E-state index contributed by atoms with van der Waals surface area (Å²) in [6.07, 6.45) is 0.656. The number of hydrogen-bond acceptors (Lipinski definition) is 4. The number of carbonyl (C=O) groups excluding carboxylic acids is 1. The van der Waals surface area contributed by atoms with Crippen LogP contribution in [-0.4, -0.2) is 47.2 Å². The maximum atomic E-state index is 13.0. The lowest BCUT2D eigenvalue weighted by Crippen LogP contribution is -2.26. The van der Waals surface area contributed by atoms with Crippen LogP contribution in [0.3, 0.4) is 0 Å². The number of nitrogens with zero attached hydrogens (tertiary/aromatic N) is 2. The Morgan fingerprint density at radius 1 is 1.35 bits per heavy atom. The van der Waals surface area contributed by atoms with E-state index in [9.17, 15) is 9.18 Å². The zero-order valence-corrected chi connectivity index (χ0v) is 13.0. The van der Waals surface area contributed by atoms with Gasteiger partial charge in [-0.05, 0) is 43.7 Å². The van der Waals surface area contributed by atoms with E-state index in [2.05, 4.69) is 10.4 Å². The highest BCUT2D eigenvalue weighted by molar-refractivity contribution is 5.92. The van der Waals surface area contributed by atoms with E-state index in [-0.39, 0.29) is 18.3 Å². The van der Waals surface area contributed by atoms with Gasteiger partial charge in [-0.15, -0.1) is 0 Å². The van der Waals surface area contributed by atoms with E-state index in [0.717, 1.165) is 5.69 Å². The third-order valence-corrected chi connectivity index (χ3v) is 3.18. The van der Waals surface area contributed by atoms with E-state index < -0.39 is 0 Å². The molecule has 23 heavy (non-hydrogen) atoms. The van der Waals surface area contributed by atoms with Crippen molar-refractivity contribution in [1.29, 1.82) is 0 Å². The van der Waals surface area contributed by atoms with Crippen LogP contribution in [0.25, 0.3) is 5.69 Å². The van der Waals surface area contributed by atoms with E-state index >= 15 is 0 Å². The molecule has 1 aromatic carbocycles. The molecule has 0 unspecified atom stereocenters. The molecule has 0 bridgehead atoms. The minimum absolute atomic E-state index is 0.00748. The Morgan fingerprint density at radius 3 is 2.78 bits per heavy atom. The molecule has 1 aromatic heterocycles. The summed E-state index contributed by atoms with van der Waals surface area (Å²) in [6.45, 7) is 3.06. The number of amides is 1. The second-order valence-corrected chi connectivity index (χ2v) is 5.00. The summed E-state index contributed by atoms with van der Waals surface area (Å²) in [5.74, 6) is -0.587. The number of aliphatic hydroxyl groups is 1. The summed E-state index contributed by atoms with van der Waals surface area (Å²) >= 11 is 0. The first-order valence-electron chi connectivity index (χ1n) is 7.41. The fraction of sp³-hybridized carbons (Fsp3) is 0.375. The molecule has 0 saturated carbocycles. The monoisotopic (exact) mass is 321 g/mol. The van der Waals surface area contributed by atoms with Gasteiger partial charge in [0.2, 0.25) is 0 Å². The number of carbonyl (C=O) groups is 1. The van der Waals surface area contributed by atoms with Crippen molar-refractivity contribution in [3.63, 3.8) is 0 Å². The quantitative estimate of drug-likeness (QED) is 0.722. The molecular weight excluding hydrogens is 301 g/mol. The summed E-state index contributed by atoms with van der Waals surface area (Å²) in [5, 5.41) is 15.6. The lowest BCUT2D eigenvalue weighted by Gasteiger charge is -2.04. The third kappa shape index (κ3) is 4.87. The van der Waals surface area contributed by atoms with Gasteiger partial charge < -0.3 is 15.2 Å². The molecule has 2 aromatic rings. The van der Waals surface area contributed by atoms with Crippen LogP contribution in [-0.2, 0) is 4.74 Å². The fourth-order valence-corrected chi connectivity index (χ4v) is 2.06. The number of benzene rings is 1. The Labute approximate surface area is 133 Å². The van der Waals surface area contributed by atoms with Crippen molar-refractivity contribution in [3.8, 4) is 5.69 Å². The van der Waals surface area contributed by atoms with Crippen molar-refractivity contribution in [3.05, 3.63) is 47.5 Å². The van der Waals surface area contributed by atoms with Crippen molar-refractivity contribution in [2.45, 2.75) is 13.3 Å². The second-order valence-electron chi connectivity index (χ2n) is 5.00. The van der Waals surface area contributed by atoms with E-state index in [1.54, 1.807) is 22.9 Å². The maximum Gasteiger partial charge on any atom is 0.271 e. The van der Waals surface area contributed by atoms with E-state index in [0.29, 0.717) is 37.6 Å². The molecule has 0 aliphatic rings. The lowest BCUT2D eigenvalue weighted by atomic mass is 10.3. The Hall–Kier alpha value is -2.25. The highest BCUT2D eigenvalue weighted by Gasteiger charge is 2.12. The number of aliphatic hydroxyl groups excluding tert-OH is 1. The van der Waals surface area contributed by atoms with Crippen LogP contribution in [0.4, 0.5) is 4.39 Å². The summed E-state index contributed by atoms with van der Waals surface area (Å²) in [5.41, 5.74) is 1.79. The first-order chi connectivity index (χ1) is 11.1. The minimum atomic E-state index is -0.319. The summed E-state index contributed by atoms with van der Waals surface area (Å²) in [7, 11) is 0. The SMILES string of the molecule is Cc1cc(C(=O)NCCCOCCO)nn1-c1ccc(F)cc1. The predicted octanol–water partition coefficient (Wildman–Crippen LogP) is 1.45. The van der Waals surface area contributed by atoms with Gasteiger partial charge in [0.25, 0.3) is 5.91 Å². The maximum absolute atomic E-state index is 13.0. The van der Waals surface area contributed by atoms with Gasteiger partial charge >= 0.3 is 0 Å². The zero-order valence-electron chi connectivity index (χ0n) is 13.0. The van der Waals surface area contributed by atoms with Gasteiger partial charge in [-0.1, -0.05) is 0 Å².